The van der Waals surface area contributed by atoms with E-state index in [1.54, 1.807) is 0 Å². The van der Waals surface area contributed by atoms with Crippen molar-refractivity contribution < 1.29 is 4.79 Å². The predicted molar refractivity (Wildman–Crippen MR) is 66.6 cm³/mol. The summed E-state index contributed by atoms with van der Waals surface area (Å²) in [6.45, 7) is 1.72. The molecule has 2 N–H and O–H groups in total. The van der Waals surface area contributed by atoms with E-state index in [-0.39, 0.29) is 11.9 Å². The summed E-state index contributed by atoms with van der Waals surface area (Å²) in [7, 11) is 0. The monoisotopic (exact) mass is 230 g/mol. The maximum Gasteiger partial charge on any atom is 0.223 e. The van der Waals surface area contributed by atoms with E-state index < -0.39 is 0 Å². The molecule has 2 aliphatic rings. The molecular formula is C14H18N2O. The van der Waals surface area contributed by atoms with Crippen molar-refractivity contribution in [3.05, 3.63) is 35.4 Å². The van der Waals surface area contributed by atoms with Crippen LogP contribution in [0, 0.1) is 5.92 Å². The number of carbonyl (C=O) groups is 1. The smallest absolute Gasteiger partial charge is 0.223 e. The van der Waals surface area contributed by atoms with E-state index in [0.29, 0.717) is 12.5 Å². The molecule has 1 aromatic carbocycles. The topological polar surface area (TPSA) is 41.1 Å². The van der Waals surface area contributed by atoms with E-state index in [2.05, 4.69) is 34.9 Å². The zero-order valence-electron chi connectivity index (χ0n) is 9.91. The van der Waals surface area contributed by atoms with Gasteiger partial charge in [0.15, 0.2) is 0 Å². The summed E-state index contributed by atoms with van der Waals surface area (Å²) in [6.07, 6.45) is 3.23. The third-order valence-electron chi connectivity index (χ3n) is 3.64. The molecule has 1 saturated carbocycles. The van der Waals surface area contributed by atoms with Crippen LogP contribution in [0.15, 0.2) is 24.3 Å². The van der Waals surface area contributed by atoms with Gasteiger partial charge in [-0.2, -0.15) is 0 Å². The van der Waals surface area contributed by atoms with Crippen molar-refractivity contribution in [1.82, 2.24) is 10.6 Å². The number of nitrogens with one attached hydrogen (secondary N) is 2. The van der Waals surface area contributed by atoms with E-state index in [9.17, 15) is 4.79 Å². The van der Waals surface area contributed by atoms with Gasteiger partial charge in [0.1, 0.15) is 0 Å². The molecule has 0 saturated heterocycles. The lowest BCUT2D eigenvalue weighted by Gasteiger charge is -2.27. The van der Waals surface area contributed by atoms with Crippen LogP contribution in [-0.4, -0.2) is 19.0 Å². The molecule has 1 aliphatic carbocycles. The van der Waals surface area contributed by atoms with Crippen LogP contribution >= 0.6 is 0 Å². The molecule has 1 amide bonds. The molecule has 3 nitrogen and oxygen atoms in total. The average molecular weight is 230 g/mol. The van der Waals surface area contributed by atoms with Gasteiger partial charge in [-0.1, -0.05) is 24.3 Å². The summed E-state index contributed by atoms with van der Waals surface area (Å²) in [5.74, 6) is 0.531. The zero-order chi connectivity index (χ0) is 11.7. The summed E-state index contributed by atoms with van der Waals surface area (Å²) in [6, 6.07) is 8.79. The second-order valence-corrected chi connectivity index (χ2v) is 4.97. The minimum atomic E-state index is 0.231. The summed E-state index contributed by atoms with van der Waals surface area (Å²) < 4.78 is 0. The first-order valence-corrected chi connectivity index (χ1v) is 6.43. The Labute approximate surface area is 102 Å². The van der Waals surface area contributed by atoms with Crippen molar-refractivity contribution >= 4 is 5.91 Å². The molecule has 1 heterocycles. The molecular weight excluding hydrogens is 212 g/mol. The standard InChI is InChI=1S/C14H18N2O/c17-14(11-5-6-11)16-9-13-12-4-2-1-3-10(12)7-8-15-13/h1-4,11,13,15H,5-9H2,(H,16,17). The maximum absolute atomic E-state index is 11.6. The Kier molecular flexibility index (Phi) is 2.85. The van der Waals surface area contributed by atoms with Gasteiger partial charge in [-0.3, -0.25) is 4.79 Å². The molecule has 1 aliphatic heterocycles. The Bertz CT molecular complexity index is 426. The second kappa shape index (κ2) is 4.49. The molecule has 0 bridgehead atoms. The highest BCUT2D eigenvalue weighted by Gasteiger charge is 2.30. The Balaban J connectivity index is 1.65. The molecule has 3 rings (SSSR count). The zero-order valence-corrected chi connectivity index (χ0v) is 9.91. The van der Waals surface area contributed by atoms with Gasteiger partial charge in [0.25, 0.3) is 0 Å². The minimum absolute atomic E-state index is 0.231. The fourth-order valence-corrected chi connectivity index (χ4v) is 2.47. The van der Waals surface area contributed by atoms with Crippen LogP contribution < -0.4 is 10.6 Å². The first-order valence-electron chi connectivity index (χ1n) is 6.43. The largest absolute Gasteiger partial charge is 0.354 e. The molecule has 1 fully saturated rings. The fourth-order valence-electron chi connectivity index (χ4n) is 2.47. The van der Waals surface area contributed by atoms with Crippen molar-refractivity contribution in [1.29, 1.82) is 0 Å². The molecule has 1 unspecified atom stereocenters. The van der Waals surface area contributed by atoms with Gasteiger partial charge in [-0.15, -0.1) is 0 Å². The lowest BCUT2D eigenvalue weighted by molar-refractivity contribution is -0.122. The van der Waals surface area contributed by atoms with E-state index >= 15 is 0 Å². The van der Waals surface area contributed by atoms with Gasteiger partial charge < -0.3 is 10.6 Å². The Hall–Kier alpha value is -1.35. The number of carbonyl (C=O) groups excluding carboxylic acids is 1. The van der Waals surface area contributed by atoms with E-state index in [1.165, 1.54) is 11.1 Å². The highest BCUT2D eigenvalue weighted by Crippen LogP contribution is 2.29. The second-order valence-electron chi connectivity index (χ2n) is 4.97. The van der Waals surface area contributed by atoms with Crippen molar-refractivity contribution in [2.24, 2.45) is 5.92 Å². The molecule has 0 radical (unpaired) electrons. The van der Waals surface area contributed by atoms with Gasteiger partial charge in [0.05, 0.1) is 0 Å². The van der Waals surface area contributed by atoms with Crippen LogP contribution in [0.2, 0.25) is 0 Å². The van der Waals surface area contributed by atoms with E-state index in [0.717, 1.165) is 25.8 Å². The average Bonchev–Trinajstić information content (AvgIpc) is 3.20. The molecule has 3 heteroatoms. The molecule has 90 valence electrons. The van der Waals surface area contributed by atoms with Crippen molar-refractivity contribution in [2.45, 2.75) is 25.3 Å². The fraction of sp³-hybridized carbons (Fsp3) is 0.500. The van der Waals surface area contributed by atoms with Gasteiger partial charge in [0.2, 0.25) is 5.91 Å². The normalized spacial score (nSPS) is 22.9. The van der Waals surface area contributed by atoms with E-state index in [4.69, 9.17) is 0 Å². The van der Waals surface area contributed by atoms with Crippen LogP contribution in [0.5, 0.6) is 0 Å². The number of benzene rings is 1. The molecule has 1 aromatic rings. The van der Waals surface area contributed by atoms with Crippen LogP contribution in [0.1, 0.15) is 30.0 Å². The number of fused-ring (bicyclic) bond motifs is 1. The Morgan fingerprint density at radius 2 is 2.18 bits per heavy atom. The number of hydrogen-bond acceptors (Lipinski definition) is 2. The molecule has 17 heavy (non-hydrogen) atoms. The lowest BCUT2D eigenvalue weighted by Crippen LogP contribution is -2.39. The first kappa shape index (κ1) is 10.8. The van der Waals surface area contributed by atoms with Gasteiger partial charge in [0, 0.05) is 18.5 Å². The van der Waals surface area contributed by atoms with E-state index in [1.807, 2.05) is 0 Å². The lowest BCUT2D eigenvalue weighted by atomic mass is 9.94. The molecule has 0 aromatic heterocycles. The predicted octanol–water partition coefficient (Wildman–Crippen LogP) is 1.40. The van der Waals surface area contributed by atoms with Gasteiger partial charge in [-0.25, -0.2) is 0 Å². The number of rotatable bonds is 3. The van der Waals surface area contributed by atoms with Crippen LogP contribution in [-0.2, 0) is 11.2 Å². The van der Waals surface area contributed by atoms with Crippen molar-refractivity contribution in [3.8, 4) is 0 Å². The quantitative estimate of drug-likeness (QED) is 0.824. The SMILES string of the molecule is O=C(NCC1NCCc2ccccc21)C1CC1. The highest BCUT2D eigenvalue weighted by molar-refractivity contribution is 5.80. The maximum atomic E-state index is 11.6. The van der Waals surface area contributed by atoms with Crippen molar-refractivity contribution in [2.75, 3.05) is 13.1 Å². The van der Waals surface area contributed by atoms with Crippen LogP contribution in [0.25, 0.3) is 0 Å². The minimum Gasteiger partial charge on any atom is -0.354 e. The van der Waals surface area contributed by atoms with Crippen molar-refractivity contribution in [3.63, 3.8) is 0 Å². The summed E-state index contributed by atoms with van der Waals surface area (Å²) in [4.78, 5) is 11.6. The highest BCUT2D eigenvalue weighted by atomic mass is 16.2. The van der Waals surface area contributed by atoms with Gasteiger partial charge in [-0.05, 0) is 36.9 Å². The third-order valence-corrected chi connectivity index (χ3v) is 3.64. The number of amides is 1. The summed E-state index contributed by atoms with van der Waals surface area (Å²) >= 11 is 0. The van der Waals surface area contributed by atoms with Crippen LogP contribution in [0.3, 0.4) is 0 Å². The summed E-state index contributed by atoms with van der Waals surface area (Å²) in [5, 5.41) is 6.53. The van der Waals surface area contributed by atoms with Gasteiger partial charge >= 0.3 is 0 Å². The Morgan fingerprint density at radius 1 is 1.35 bits per heavy atom. The first-order chi connectivity index (χ1) is 8.34. The molecule has 0 spiro atoms. The Morgan fingerprint density at radius 3 is 3.00 bits per heavy atom. The summed E-state index contributed by atoms with van der Waals surface area (Å²) in [5.41, 5.74) is 2.76. The van der Waals surface area contributed by atoms with Crippen LogP contribution in [0.4, 0.5) is 0 Å². The third kappa shape index (κ3) is 2.34. The number of hydrogen-bond donors (Lipinski definition) is 2. The molecule has 1 atom stereocenters.